The van der Waals surface area contributed by atoms with Gasteiger partial charge in [0.1, 0.15) is 24.5 Å². The minimum Gasteiger partial charge on any atom is -0.548 e. The van der Waals surface area contributed by atoms with E-state index in [1.54, 1.807) is 12.3 Å². The number of rotatable bonds is 4. The van der Waals surface area contributed by atoms with Gasteiger partial charge in [0, 0.05) is 17.1 Å². The van der Waals surface area contributed by atoms with Gasteiger partial charge in [-0.15, -0.1) is 0 Å². The Morgan fingerprint density at radius 1 is 1.62 bits per heavy atom. The predicted molar refractivity (Wildman–Crippen MR) is 75.5 cm³/mol. The van der Waals surface area contributed by atoms with Crippen molar-refractivity contribution in [2.24, 2.45) is 0 Å². The van der Waals surface area contributed by atoms with Gasteiger partial charge in [-0.1, -0.05) is 0 Å². The first kappa shape index (κ1) is 16.0. The van der Waals surface area contributed by atoms with E-state index in [2.05, 4.69) is 26.2 Å². The molecule has 0 amide bonds. The fraction of sp³-hybridized carbons (Fsp3) is 0.538. The highest BCUT2D eigenvalue weighted by atomic mass is 79.9. The third kappa shape index (κ3) is 3.63. The number of aromatic nitrogens is 1. The number of carboxylic acid groups (broad SMARTS) is 1. The van der Waals surface area contributed by atoms with Crippen molar-refractivity contribution in [2.45, 2.75) is 24.9 Å². The molecule has 0 spiro atoms. The van der Waals surface area contributed by atoms with Gasteiger partial charge in [0.05, 0.1) is 19.1 Å². The number of aliphatic carboxylic acids is 1. The molecule has 3 N–H and O–H groups in total. The molecule has 0 radical (unpaired) electrons. The van der Waals surface area contributed by atoms with Crippen LogP contribution in [0, 0.1) is 0 Å². The Morgan fingerprint density at radius 2 is 2.33 bits per heavy atom. The van der Waals surface area contributed by atoms with Crippen molar-refractivity contribution in [3.8, 4) is 0 Å². The molecule has 1 aliphatic rings. The van der Waals surface area contributed by atoms with E-state index in [0.717, 1.165) is 9.37 Å². The summed E-state index contributed by atoms with van der Waals surface area (Å²) < 4.78 is 6.10. The van der Waals surface area contributed by atoms with E-state index in [4.69, 9.17) is 4.74 Å². The van der Waals surface area contributed by atoms with Crippen molar-refractivity contribution in [1.82, 2.24) is 10.3 Å². The molecule has 3 atom stereocenters. The molecular weight excluding hydrogens is 342 g/mol. The van der Waals surface area contributed by atoms with E-state index >= 15 is 0 Å². The Bertz CT molecular complexity index is 547. The lowest BCUT2D eigenvalue weighted by atomic mass is 9.90. The summed E-state index contributed by atoms with van der Waals surface area (Å²) in [5, 5.41) is 13.9. The zero-order valence-corrected chi connectivity index (χ0v) is 13.5. The quantitative estimate of drug-likeness (QED) is 0.555. The summed E-state index contributed by atoms with van der Waals surface area (Å²) in [7, 11) is 1.93. The zero-order valence-electron chi connectivity index (χ0n) is 11.9. The van der Waals surface area contributed by atoms with Crippen molar-refractivity contribution in [2.75, 3.05) is 20.3 Å². The topological polar surface area (TPSA) is 98.7 Å². The van der Waals surface area contributed by atoms with Crippen LogP contribution in [0.1, 0.15) is 23.8 Å². The maximum Gasteiger partial charge on any atom is 0.355 e. The van der Waals surface area contributed by atoms with Gasteiger partial charge in [-0.25, -0.2) is 4.79 Å². The highest BCUT2D eigenvalue weighted by molar-refractivity contribution is 9.10. The largest absolute Gasteiger partial charge is 0.548 e. The lowest BCUT2D eigenvalue weighted by Gasteiger charge is -2.42. The van der Waals surface area contributed by atoms with Crippen LogP contribution in [0.25, 0.3) is 0 Å². The van der Waals surface area contributed by atoms with Gasteiger partial charge in [-0.05, 0) is 28.9 Å². The lowest BCUT2D eigenvalue weighted by molar-refractivity contribution is -0.941. The van der Waals surface area contributed by atoms with E-state index in [0.29, 0.717) is 18.8 Å². The van der Waals surface area contributed by atoms with Crippen molar-refractivity contribution < 1.29 is 24.3 Å². The molecule has 1 aromatic heterocycles. The first-order valence-electron chi connectivity index (χ1n) is 6.60. The van der Waals surface area contributed by atoms with Crippen LogP contribution < -0.4 is 15.3 Å². The smallest absolute Gasteiger partial charge is 0.355 e. The summed E-state index contributed by atoms with van der Waals surface area (Å²) in [5.74, 6) is -1.59. The molecule has 2 heterocycles. The second-order valence-corrected chi connectivity index (χ2v) is 6.52. The molecule has 116 valence electrons. The standard InChI is InChI=1S/C13H18BrN3O4/c1-13(4-10(11(18)19)16-7-17(13)2)6-21-12(20)9-3-8(14)5-15-9/h3,5,10,15-16H,4,6-7H2,1-2H3,(H,18,19). The van der Waals surface area contributed by atoms with Crippen molar-refractivity contribution in [3.05, 3.63) is 22.4 Å². The fourth-order valence-corrected chi connectivity index (χ4v) is 2.67. The van der Waals surface area contributed by atoms with Crippen LogP contribution in [-0.2, 0) is 9.53 Å². The molecule has 1 saturated heterocycles. The van der Waals surface area contributed by atoms with Crippen LogP contribution in [-0.4, -0.2) is 48.8 Å². The number of hydrogen-bond acceptors (Lipinski definition) is 5. The maximum absolute atomic E-state index is 11.9. The van der Waals surface area contributed by atoms with Crippen LogP contribution in [0.2, 0.25) is 0 Å². The van der Waals surface area contributed by atoms with Gasteiger partial charge in [0.25, 0.3) is 0 Å². The Balaban J connectivity index is 1.99. The lowest BCUT2D eigenvalue weighted by Crippen LogP contribution is -3.21. The van der Waals surface area contributed by atoms with E-state index in [-0.39, 0.29) is 6.61 Å². The summed E-state index contributed by atoms with van der Waals surface area (Å²) >= 11 is 3.25. The average Bonchev–Trinajstić information content (AvgIpc) is 2.86. The van der Waals surface area contributed by atoms with Crippen LogP contribution >= 0.6 is 15.9 Å². The number of aromatic amines is 1. The number of carbonyl (C=O) groups is 2. The molecule has 0 aromatic carbocycles. The molecule has 0 bridgehead atoms. The number of quaternary nitrogens is 1. The average molecular weight is 360 g/mol. The first-order chi connectivity index (χ1) is 9.82. The number of ether oxygens (including phenoxy) is 1. The van der Waals surface area contributed by atoms with Gasteiger partial charge in [0.2, 0.25) is 0 Å². The van der Waals surface area contributed by atoms with Gasteiger partial charge in [0.15, 0.2) is 0 Å². The van der Waals surface area contributed by atoms with E-state index in [1.807, 2.05) is 14.0 Å². The van der Waals surface area contributed by atoms with E-state index in [1.165, 1.54) is 0 Å². The monoisotopic (exact) mass is 359 g/mol. The number of hydrogen-bond donors (Lipinski definition) is 3. The summed E-state index contributed by atoms with van der Waals surface area (Å²) in [4.78, 5) is 26.8. The summed E-state index contributed by atoms with van der Waals surface area (Å²) in [5.41, 5.74) is -0.122. The molecule has 8 heteroatoms. The molecule has 3 unspecified atom stereocenters. The highest BCUT2D eigenvalue weighted by Crippen LogP contribution is 2.15. The van der Waals surface area contributed by atoms with Crippen LogP contribution in [0.4, 0.5) is 0 Å². The maximum atomic E-state index is 11.9. The zero-order chi connectivity index (χ0) is 15.6. The first-order valence-corrected chi connectivity index (χ1v) is 7.39. The molecule has 1 aliphatic heterocycles. The molecule has 0 saturated carbocycles. The number of likely N-dealkylation sites (N-methyl/N-ethyl adjacent to an activating group) is 1. The minimum absolute atomic E-state index is 0.139. The molecular formula is C13H18BrN3O4. The van der Waals surface area contributed by atoms with Crippen molar-refractivity contribution >= 4 is 27.9 Å². The fourth-order valence-electron chi connectivity index (χ4n) is 2.32. The SMILES string of the molecule is C[NH+]1CNC(C(=O)[O-])CC1(C)COC(=O)c1cc(Br)c[nH]1. The Kier molecular flexibility index (Phi) is 4.70. The van der Waals surface area contributed by atoms with Crippen molar-refractivity contribution in [1.29, 1.82) is 0 Å². The van der Waals surface area contributed by atoms with E-state index in [9.17, 15) is 14.7 Å². The van der Waals surface area contributed by atoms with Gasteiger partial charge in [-0.3, -0.25) is 5.32 Å². The third-order valence-corrected chi connectivity index (χ3v) is 4.43. The highest BCUT2D eigenvalue weighted by Gasteiger charge is 2.41. The Labute approximate surface area is 130 Å². The minimum atomic E-state index is -1.13. The summed E-state index contributed by atoms with van der Waals surface area (Å²) in [6.45, 7) is 2.51. The molecule has 0 aliphatic carbocycles. The summed E-state index contributed by atoms with van der Waals surface area (Å²) in [6, 6.07) is 0.908. The molecule has 1 fully saturated rings. The molecule has 2 rings (SSSR count). The summed E-state index contributed by atoms with van der Waals surface area (Å²) in [6.07, 6.45) is 1.98. The number of esters is 1. The van der Waals surface area contributed by atoms with Crippen molar-refractivity contribution in [3.63, 3.8) is 0 Å². The second-order valence-electron chi connectivity index (χ2n) is 5.61. The third-order valence-electron chi connectivity index (χ3n) is 3.97. The number of H-pyrrole nitrogens is 1. The molecule has 7 nitrogen and oxygen atoms in total. The van der Waals surface area contributed by atoms with Crippen LogP contribution in [0.15, 0.2) is 16.7 Å². The predicted octanol–water partition coefficient (Wildman–Crippen LogP) is -1.72. The number of carbonyl (C=O) groups excluding carboxylic acids is 2. The van der Waals surface area contributed by atoms with E-state index < -0.39 is 23.5 Å². The van der Waals surface area contributed by atoms with Crippen LogP contribution in [0.5, 0.6) is 0 Å². The van der Waals surface area contributed by atoms with Gasteiger partial charge >= 0.3 is 5.97 Å². The molecule has 21 heavy (non-hydrogen) atoms. The Morgan fingerprint density at radius 3 is 2.90 bits per heavy atom. The second kappa shape index (κ2) is 6.17. The number of halogens is 1. The number of carboxylic acids is 1. The van der Waals surface area contributed by atoms with Crippen LogP contribution in [0.3, 0.4) is 0 Å². The van der Waals surface area contributed by atoms with Gasteiger partial charge < -0.3 is 24.5 Å². The molecule has 1 aromatic rings. The number of nitrogens with one attached hydrogen (secondary N) is 3. The van der Waals surface area contributed by atoms with Gasteiger partial charge in [-0.2, -0.15) is 0 Å². The Hall–Kier alpha value is -1.38. The normalized spacial score (nSPS) is 29.1.